The number of hydrogen-bond acceptors (Lipinski definition) is 2. The van der Waals surface area contributed by atoms with Crippen LogP contribution in [0.25, 0.3) is 0 Å². The number of likely N-dealkylation sites (tertiary alicyclic amines) is 1. The molecule has 1 spiro atoms. The summed E-state index contributed by atoms with van der Waals surface area (Å²) in [5, 5.41) is 3.49. The van der Waals surface area contributed by atoms with E-state index in [1.165, 1.54) is 96.9 Å². The molecular formula is C17H32N2. The molecule has 2 heteroatoms. The van der Waals surface area contributed by atoms with Crippen molar-refractivity contribution in [1.82, 2.24) is 10.2 Å². The molecule has 1 aliphatic carbocycles. The first-order valence-corrected chi connectivity index (χ1v) is 8.79. The zero-order valence-electron chi connectivity index (χ0n) is 12.6. The largest absolute Gasteiger partial charge is 0.316 e. The Balaban J connectivity index is 1.33. The van der Waals surface area contributed by atoms with Gasteiger partial charge in [-0.25, -0.2) is 0 Å². The molecule has 1 saturated carbocycles. The Labute approximate surface area is 119 Å². The monoisotopic (exact) mass is 264 g/mol. The summed E-state index contributed by atoms with van der Waals surface area (Å²) in [4.78, 5) is 2.75. The summed E-state index contributed by atoms with van der Waals surface area (Å²) in [5.41, 5.74) is 0.782. The van der Waals surface area contributed by atoms with Crippen molar-refractivity contribution in [3.8, 4) is 0 Å². The lowest BCUT2D eigenvalue weighted by Crippen LogP contribution is -2.41. The van der Waals surface area contributed by atoms with Crippen molar-refractivity contribution in [2.24, 2.45) is 11.3 Å². The minimum atomic E-state index is 0.782. The second kappa shape index (κ2) is 6.58. The summed E-state index contributed by atoms with van der Waals surface area (Å²) in [6, 6.07) is 0. The highest BCUT2D eigenvalue weighted by molar-refractivity contribution is 4.88. The molecule has 0 radical (unpaired) electrons. The Hall–Kier alpha value is -0.0800. The van der Waals surface area contributed by atoms with Gasteiger partial charge in [0.1, 0.15) is 0 Å². The fraction of sp³-hybridized carbons (Fsp3) is 1.00. The number of piperidine rings is 1. The Morgan fingerprint density at radius 3 is 2.47 bits per heavy atom. The summed E-state index contributed by atoms with van der Waals surface area (Å²) >= 11 is 0. The van der Waals surface area contributed by atoms with Gasteiger partial charge in [0.05, 0.1) is 0 Å². The topological polar surface area (TPSA) is 15.3 Å². The van der Waals surface area contributed by atoms with Crippen LogP contribution >= 0.6 is 0 Å². The molecule has 2 aliphatic heterocycles. The quantitative estimate of drug-likeness (QED) is 0.837. The van der Waals surface area contributed by atoms with Crippen LogP contribution < -0.4 is 5.32 Å². The van der Waals surface area contributed by atoms with E-state index < -0.39 is 0 Å². The van der Waals surface area contributed by atoms with Crippen LogP contribution in [0.4, 0.5) is 0 Å². The van der Waals surface area contributed by atoms with Crippen molar-refractivity contribution in [2.45, 2.75) is 64.2 Å². The number of rotatable bonds is 4. The van der Waals surface area contributed by atoms with Gasteiger partial charge in [-0.3, -0.25) is 0 Å². The van der Waals surface area contributed by atoms with E-state index >= 15 is 0 Å². The van der Waals surface area contributed by atoms with Crippen LogP contribution in [-0.2, 0) is 0 Å². The molecule has 19 heavy (non-hydrogen) atoms. The Morgan fingerprint density at radius 2 is 1.79 bits per heavy atom. The van der Waals surface area contributed by atoms with E-state index in [4.69, 9.17) is 0 Å². The van der Waals surface area contributed by atoms with E-state index in [2.05, 4.69) is 10.2 Å². The van der Waals surface area contributed by atoms with E-state index in [0.717, 1.165) is 11.3 Å². The van der Waals surface area contributed by atoms with E-state index in [9.17, 15) is 0 Å². The third-order valence-electron chi connectivity index (χ3n) is 6.08. The van der Waals surface area contributed by atoms with Crippen LogP contribution in [0.2, 0.25) is 0 Å². The van der Waals surface area contributed by atoms with Gasteiger partial charge in [0, 0.05) is 0 Å². The maximum atomic E-state index is 3.49. The molecule has 0 bridgehead atoms. The van der Waals surface area contributed by atoms with Crippen molar-refractivity contribution in [2.75, 3.05) is 32.7 Å². The highest BCUT2D eigenvalue weighted by Crippen LogP contribution is 2.44. The molecule has 1 unspecified atom stereocenters. The molecule has 2 heterocycles. The highest BCUT2D eigenvalue weighted by Gasteiger charge is 2.35. The van der Waals surface area contributed by atoms with Gasteiger partial charge in [-0.2, -0.15) is 0 Å². The maximum absolute atomic E-state index is 3.49. The van der Waals surface area contributed by atoms with Crippen molar-refractivity contribution in [3.63, 3.8) is 0 Å². The lowest BCUT2D eigenvalue weighted by Gasteiger charge is -2.44. The molecular weight excluding hydrogens is 232 g/mol. The molecule has 2 saturated heterocycles. The average Bonchev–Trinajstić information content (AvgIpc) is 2.96. The molecule has 1 N–H and O–H groups in total. The zero-order valence-corrected chi connectivity index (χ0v) is 12.6. The molecule has 3 aliphatic rings. The normalized spacial score (nSPS) is 31.9. The standard InChI is InChI=1S/C17H32N2/c1-2-7-17(8-3-1)9-13-19(14-10-17)12-4-5-16-6-11-18-15-16/h16,18H,1-15H2. The number of nitrogens with zero attached hydrogens (tertiary/aromatic N) is 1. The highest BCUT2D eigenvalue weighted by atomic mass is 15.1. The van der Waals surface area contributed by atoms with Gasteiger partial charge in [-0.1, -0.05) is 19.3 Å². The minimum absolute atomic E-state index is 0.782. The van der Waals surface area contributed by atoms with Crippen molar-refractivity contribution in [1.29, 1.82) is 0 Å². The van der Waals surface area contributed by atoms with E-state index in [1.54, 1.807) is 0 Å². The Bertz CT molecular complexity index is 254. The number of hydrogen-bond donors (Lipinski definition) is 1. The Morgan fingerprint density at radius 1 is 1.00 bits per heavy atom. The first-order chi connectivity index (χ1) is 9.36. The summed E-state index contributed by atoms with van der Waals surface area (Å²) in [6.45, 7) is 6.69. The lowest BCUT2D eigenvalue weighted by atomic mass is 9.68. The first-order valence-electron chi connectivity index (χ1n) is 8.79. The molecule has 3 rings (SSSR count). The molecule has 0 aromatic rings. The third-order valence-corrected chi connectivity index (χ3v) is 6.08. The second-order valence-electron chi connectivity index (χ2n) is 7.40. The van der Waals surface area contributed by atoms with E-state index in [-0.39, 0.29) is 0 Å². The zero-order chi connectivity index (χ0) is 13.0. The average molecular weight is 264 g/mol. The van der Waals surface area contributed by atoms with Gasteiger partial charge in [-0.15, -0.1) is 0 Å². The Kier molecular flexibility index (Phi) is 4.81. The summed E-state index contributed by atoms with van der Waals surface area (Å²) in [6.07, 6.45) is 14.9. The van der Waals surface area contributed by atoms with Gasteiger partial charge in [0.15, 0.2) is 0 Å². The first kappa shape index (κ1) is 13.9. The molecule has 3 fully saturated rings. The summed E-state index contributed by atoms with van der Waals surface area (Å²) < 4.78 is 0. The molecule has 1 atom stereocenters. The van der Waals surface area contributed by atoms with Gasteiger partial charge in [-0.05, 0) is 89.0 Å². The lowest BCUT2D eigenvalue weighted by molar-refractivity contribution is 0.0665. The van der Waals surface area contributed by atoms with Crippen LogP contribution in [-0.4, -0.2) is 37.6 Å². The van der Waals surface area contributed by atoms with Crippen LogP contribution in [0.5, 0.6) is 0 Å². The van der Waals surface area contributed by atoms with Crippen molar-refractivity contribution >= 4 is 0 Å². The summed E-state index contributed by atoms with van der Waals surface area (Å²) in [7, 11) is 0. The fourth-order valence-corrected chi connectivity index (χ4v) is 4.62. The second-order valence-corrected chi connectivity index (χ2v) is 7.40. The van der Waals surface area contributed by atoms with Crippen LogP contribution in [0.3, 0.4) is 0 Å². The third kappa shape index (κ3) is 3.72. The fourth-order valence-electron chi connectivity index (χ4n) is 4.62. The van der Waals surface area contributed by atoms with Gasteiger partial charge in [0.25, 0.3) is 0 Å². The SMILES string of the molecule is C1CCC2(CC1)CCN(CCCC1CCNC1)CC2. The summed E-state index contributed by atoms with van der Waals surface area (Å²) in [5.74, 6) is 0.981. The van der Waals surface area contributed by atoms with Gasteiger partial charge >= 0.3 is 0 Å². The van der Waals surface area contributed by atoms with Crippen LogP contribution in [0.1, 0.15) is 64.2 Å². The molecule has 2 nitrogen and oxygen atoms in total. The smallest absolute Gasteiger partial charge is 0.00134 e. The molecule has 0 amide bonds. The van der Waals surface area contributed by atoms with Crippen molar-refractivity contribution < 1.29 is 0 Å². The van der Waals surface area contributed by atoms with Gasteiger partial charge in [0.2, 0.25) is 0 Å². The van der Waals surface area contributed by atoms with Crippen LogP contribution in [0, 0.1) is 11.3 Å². The van der Waals surface area contributed by atoms with Crippen molar-refractivity contribution in [3.05, 3.63) is 0 Å². The molecule has 110 valence electrons. The predicted octanol–water partition coefficient (Wildman–Crippen LogP) is 3.42. The molecule has 0 aromatic carbocycles. The predicted molar refractivity (Wildman–Crippen MR) is 81.4 cm³/mol. The van der Waals surface area contributed by atoms with E-state index in [1.807, 2.05) is 0 Å². The van der Waals surface area contributed by atoms with Gasteiger partial charge < -0.3 is 10.2 Å². The minimum Gasteiger partial charge on any atom is -0.316 e. The van der Waals surface area contributed by atoms with E-state index in [0.29, 0.717) is 0 Å². The maximum Gasteiger partial charge on any atom is -0.00134 e. The molecule has 0 aromatic heterocycles. The number of nitrogens with one attached hydrogen (secondary N) is 1. The van der Waals surface area contributed by atoms with Crippen LogP contribution in [0.15, 0.2) is 0 Å².